The highest BCUT2D eigenvalue weighted by atomic mass is 32.2. The van der Waals surface area contributed by atoms with Crippen LogP contribution >= 0.6 is 11.8 Å². The van der Waals surface area contributed by atoms with Gasteiger partial charge in [-0.3, -0.25) is 4.79 Å². The molecule has 0 fully saturated rings. The van der Waals surface area contributed by atoms with E-state index in [9.17, 15) is 4.79 Å². The molecule has 0 aliphatic heterocycles. The molecule has 0 bridgehead atoms. The summed E-state index contributed by atoms with van der Waals surface area (Å²) >= 11 is 1.64. The van der Waals surface area contributed by atoms with Crippen LogP contribution in [0.2, 0.25) is 0 Å². The first-order chi connectivity index (χ1) is 8.67. The van der Waals surface area contributed by atoms with Crippen LogP contribution in [0.15, 0.2) is 18.2 Å². The Morgan fingerprint density at radius 2 is 2.28 bits per heavy atom. The Hall–Kier alpha value is -1.44. The summed E-state index contributed by atoms with van der Waals surface area (Å²) in [5.41, 5.74) is 2.51. The Labute approximate surface area is 112 Å². The Morgan fingerprint density at radius 1 is 1.50 bits per heavy atom. The van der Waals surface area contributed by atoms with Gasteiger partial charge in [0.2, 0.25) is 5.91 Å². The predicted molar refractivity (Wildman–Crippen MR) is 76.8 cm³/mol. The molecule has 0 unspecified atom stereocenters. The van der Waals surface area contributed by atoms with Gasteiger partial charge < -0.3 is 10.4 Å². The summed E-state index contributed by atoms with van der Waals surface area (Å²) in [6.07, 6.45) is 2.46. The van der Waals surface area contributed by atoms with Crippen molar-refractivity contribution in [3.05, 3.63) is 29.3 Å². The third-order valence-electron chi connectivity index (χ3n) is 2.28. The molecule has 0 heterocycles. The summed E-state index contributed by atoms with van der Waals surface area (Å²) < 4.78 is 0. The molecule has 1 rings (SSSR count). The molecule has 0 aromatic heterocycles. The maximum absolute atomic E-state index is 11.7. The van der Waals surface area contributed by atoms with Crippen LogP contribution in [0.5, 0.6) is 0 Å². The first-order valence-electron chi connectivity index (χ1n) is 5.66. The summed E-state index contributed by atoms with van der Waals surface area (Å²) in [7, 11) is 0. The van der Waals surface area contributed by atoms with E-state index < -0.39 is 0 Å². The molecule has 2 N–H and O–H groups in total. The van der Waals surface area contributed by atoms with Gasteiger partial charge in [0.05, 0.1) is 5.69 Å². The lowest BCUT2D eigenvalue weighted by Gasteiger charge is -2.08. The molecule has 0 aliphatic carbocycles. The minimum Gasteiger partial charge on any atom is -0.384 e. The van der Waals surface area contributed by atoms with E-state index in [0.29, 0.717) is 12.1 Å². The molecule has 0 radical (unpaired) electrons. The van der Waals surface area contributed by atoms with Crippen molar-refractivity contribution in [1.82, 2.24) is 0 Å². The van der Waals surface area contributed by atoms with Crippen LogP contribution in [0.25, 0.3) is 0 Å². The summed E-state index contributed by atoms with van der Waals surface area (Å²) in [5, 5.41) is 11.6. The summed E-state index contributed by atoms with van der Waals surface area (Å²) in [4.78, 5) is 11.7. The zero-order valence-corrected chi connectivity index (χ0v) is 11.4. The van der Waals surface area contributed by atoms with Crippen molar-refractivity contribution in [3.63, 3.8) is 0 Å². The van der Waals surface area contributed by atoms with E-state index in [4.69, 9.17) is 5.11 Å². The van der Waals surface area contributed by atoms with Crippen molar-refractivity contribution in [2.24, 2.45) is 0 Å². The van der Waals surface area contributed by atoms with Gasteiger partial charge in [-0.2, -0.15) is 11.8 Å². The van der Waals surface area contributed by atoms with Crippen LogP contribution < -0.4 is 5.32 Å². The molecule has 1 aromatic rings. The number of nitrogens with one attached hydrogen (secondary N) is 1. The number of anilines is 1. The molecule has 0 saturated heterocycles. The SMILES string of the molecule is CSCCC(=O)Nc1ccc(C)cc1C#CCO. The van der Waals surface area contributed by atoms with Crippen LogP contribution in [0.1, 0.15) is 17.5 Å². The van der Waals surface area contributed by atoms with Gasteiger partial charge in [-0.25, -0.2) is 0 Å². The van der Waals surface area contributed by atoms with Gasteiger partial charge in [0, 0.05) is 17.7 Å². The average Bonchev–Trinajstić information content (AvgIpc) is 2.36. The zero-order valence-electron chi connectivity index (χ0n) is 10.6. The van der Waals surface area contributed by atoms with Crippen molar-refractivity contribution in [2.75, 3.05) is 23.9 Å². The van der Waals surface area contributed by atoms with E-state index in [1.54, 1.807) is 11.8 Å². The van der Waals surface area contributed by atoms with E-state index in [0.717, 1.165) is 16.9 Å². The predicted octanol–water partition coefficient (Wildman–Crippen LogP) is 2.03. The number of aryl methyl sites for hydroxylation is 1. The second kappa shape index (κ2) is 7.80. The molecule has 1 aromatic carbocycles. The van der Waals surface area contributed by atoms with Gasteiger partial charge in [-0.05, 0) is 30.9 Å². The number of aliphatic hydroxyl groups is 1. The highest BCUT2D eigenvalue weighted by molar-refractivity contribution is 7.98. The maximum Gasteiger partial charge on any atom is 0.225 e. The fraction of sp³-hybridized carbons (Fsp3) is 0.357. The Morgan fingerprint density at radius 3 is 2.94 bits per heavy atom. The fourth-order valence-electron chi connectivity index (χ4n) is 1.41. The Kier molecular flexibility index (Phi) is 6.34. The summed E-state index contributed by atoms with van der Waals surface area (Å²) in [6, 6.07) is 5.66. The molecule has 0 spiro atoms. The van der Waals surface area contributed by atoms with Crippen molar-refractivity contribution in [1.29, 1.82) is 0 Å². The number of hydrogen-bond donors (Lipinski definition) is 2. The van der Waals surface area contributed by atoms with Crippen LogP contribution in [0.4, 0.5) is 5.69 Å². The van der Waals surface area contributed by atoms with Crippen LogP contribution in [0, 0.1) is 18.8 Å². The van der Waals surface area contributed by atoms with E-state index in [1.807, 2.05) is 31.4 Å². The van der Waals surface area contributed by atoms with E-state index in [-0.39, 0.29) is 12.5 Å². The molecule has 18 heavy (non-hydrogen) atoms. The minimum atomic E-state index is -0.187. The third kappa shape index (κ3) is 4.82. The van der Waals surface area contributed by atoms with Crippen molar-refractivity contribution in [2.45, 2.75) is 13.3 Å². The number of amides is 1. The molecule has 0 aliphatic rings. The number of carbonyl (C=O) groups excluding carboxylic acids is 1. The number of rotatable bonds is 4. The van der Waals surface area contributed by atoms with Crippen LogP contribution in [-0.4, -0.2) is 29.6 Å². The van der Waals surface area contributed by atoms with Crippen molar-refractivity contribution >= 4 is 23.4 Å². The quantitative estimate of drug-likeness (QED) is 0.817. The number of aliphatic hydroxyl groups excluding tert-OH is 1. The fourth-order valence-corrected chi connectivity index (χ4v) is 1.80. The summed E-state index contributed by atoms with van der Waals surface area (Å²) in [5.74, 6) is 6.23. The smallest absolute Gasteiger partial charge is 0.225 e. The first-order valence-corrected chi connectivity index (χ1v) is 7.06. The molecule has 0 atom stereocenters. The highest BCUT2D eigenvalue weighted by Crippen LogP contribution is 2.16. The number of benzene rings is 1. The van der Waals surface area contributed by atoms with Gasteiger partial charge in [0.15, 0.2) is 0 Å². The normalized spacial score (nSPS) is 9.50. The monoisotopic (exact) mass is 263 g/mol. The topological polar surface area (TPSA) is 49.3 Å². The number of carbonyl (C=O) groups is 1. The standard InChI is InChI=1S/C14H17NO2S/c1-11-5-6-13(12(10-11)4-3-8-16)15-14(17)7-9-18-2/h5-6,10,16H,7-9H2,1-2H3,(H,15,17). The number of hydrogen-bond acceptors (Lipinski definition) is 3. The van der Waals surface area contributed by atoms with E-state index in [2.05, 4.69) is 17.2 Å². The Balaban J connectivity index is 2.84. The van der Waals surface area contributed by atoms with Crippen molar-refractivity contribution in [3.8, 4) is 11.8 Å². The second-order valence-corrected chi connectivity index (χ2v) is 4.79. The second-order valence-electron chi connectivity index (χ2n) is 3.80. The molecule has 3 nitrogen and oxygen atoms in total. The minimum absolute atomic E-state index is 0.0137. The number of thioether (sulfide) groups is 1. The van der Waals surface area contributed by atoms with Crippen molar-refractivity contribution < 1.29 is 9.90 Å². The van der Waals surface area contributed by atoms with Gasteiger partial charge in [-0.1, -0.05) is 17.9 Å². The van der Waals surface area contributed by atoms with Gasteiger partial charge in [0.25, 0.3) is 0 Å². The van der Waals surface area contributed by atoms with Gasteiger partial charge >= 0.3 is 0 Å². The zero-order chi connectivity index (χ0) is 13.4. The van der Waals surface area contributed by atoms with Crippen LogP contribution in [0.3, 0.4) is 0 Å². The molecule has 96 valence electrons. The van der Waals surface area contributed by atoms with E-state index >= 15 is 0 Å². The van der Waals surface area contributed by atoms with E-state index in [1.165, 1.54) is 0 Å². The molecule has 1 amide bonds. The van der Waals surface area contributed by atoms with Gasteiger partial charge in [0.1, 0.15) is 6.61 Å². The molecular formula is C14H17NO2S. The first kappa shape index (κ1) is 14.6. The largest absolute Gasteiger partial charge is 0.384 e. The lowest BCUT2D eigenvalue weighted by molar-refractivity contribution is -0.115. The average molecular weight is 263 g/mol. The Bertz CT molecular complexity index is 474. The van der Waals surface area contributed by atoms with Crippen LogP contribution in [-0.2, 0) is 4.79 Å². The third-order valence-corrected chi connectivity index (χ3v) is 2.90. The maximum atomic E-state index is 11.7. The molecular weight excluding hydrogens is 246 g/mol. The highest BCUT2D eigenvalue weighted by Gasteiger charge is 2.05. The lowest BCUT2D eigenvalue weighted by Crippen LogP contribution is -2.13. The lowest BCUT2D eigenvalue weighted by atomic mass is 10.1. The van der Waals surface area contributed by atoms with Gasteiger partial charge in [-0.15, -0.1) is 0 Å². The summed E-state index contributed by atoms with van der Waals surface area (Å²) in [6.45, 7) is 1.78. The molecule has 0 saturated carbocycles. The molecule has 4 heteroatoms.